The standard InChI is InChI=1S/C17H23N3O2/c1-18-13-8-10-20(11-9-13)14-4-2-12(3-5-14)15-6-7-16(21)19-17(15)22/h2-5,13,15,18H,6-11H2,1H3,(H,19,21,22). The highest BCUT2D eigenvalue weighted by Crippen LogP contribution is 2.27. The number of amides is 2. The number of carbonyl (C=O) groups is 2. The lowest BCUT2D eigenvalue weighted by Crippen LogP contribution is -2.41. The molecular formula is C17H23N3O2. The van der Waals surface area contributed by atoms with Crippen molar-refractivity contribution >= 4 is 17.5 Å². The maximum Gasteiger partial charge on any atom is 0.234 e. The van der Waals surface area contributed by atoms with E-state index in [1.165, 1.54) is 5.69 Å². The van der Waals surface area contributed by atoms with Crippen molar-refractivity contribution in [3.63, 3.8) is 0 Å². The minimum atomic E-state index is -0.193. The van der Waals surface area contributed by atoms with Crippen LogP contribution in [0.15, 0.2) is 24.3 Å². The van der Waals surface area contributed by atoms with Crippen molar-refractivity contribution in [2.75, 3.05) is 25.0 Å². The summed E-state index contributed by atoms with van der Waals surface area (Å²) >= 11 is 0. The van der Waals surface area contributed by atoms with Crippen LogP contribution in [0.25, 0.3) is 0 Å². The van der Waals surface area contributed by atoms with Gasteiger partial charge < -0.3 is 10.2 Å². The summed E-state index contributed by atoms with van der Waals surface area (Å²) in [5, 5.41) is 5.76. The first-order valence-corrected chi connectivity index (χ1v) is 8.03. The SMILES string of the molecule is CNC1CCN(c2ccc(C3CCC(=O)NC3=O)cc2)CC1. The summed E-state index contributed by atoms with van der Waals surface area (Å²) in [5.41, 5.74) is 2.21. The van der Waals surface area contributed by atoms with E-state index in [2.05, 4.69) is 27.7 Å². The molecule has 0 spiro atoms. The Kier molecular flexibility index (Phi) is 4.43. The highest BCUT2D eigenvalue weighted by Gasteiger charge is 2.28. The Morgan fingerprint density at radius 3 is 2.36 bits per heavy atom. The van der Waals surface area contributed by atoms with Gasteiger partial charge in [0.05, 0.1) is 5.92 Å². The van der Waals surface area contributed by atoms with Crippen LogP contribution in [0.4, 0.5) is 5.69 Å². The van der Waals surface area contributed by atoms with Crippen LogP contribution < -0.4 is 15.5 Å². The summed E-state index contributed by atoms with van der Waals surface area (Å²) in [7, 11) is 2.02. The van der Waals surface area contributed by atoms with E-state index in [4.69, 9.17) is 0 Å². The number of piperidine rings is 2. The van der Waals surface area contributed by atoms with Crippen LogP contribution >= 0.6 is 0 Å². The fraction of sp³-hybridized carbons (Fsp3) is 0.529. The van der Waals surface area contributed by atoms with Gasteiger partial charge in [-0.25, -0.2) is 0 Å². The summed E-state index contributed by atoms with van der Waals surface area (Å²) in [5.74, 6) is -0.522. The Labute approximate surface area is 131 Å². The highest BCUT2D eigenvalue weighted by molar-refractivity contribution is 6.00. The van der Waals surface area contributed by atoms with Crippen LogP contribution in [-0.2, 0) is 9.59 Å². The van der Waals surface area contributed by atoms with Gasteiger partial charge in [-0.15, -0.1) is 0 Å². The van der Waals surface area contributed by atoms with Gasteiger partial charge in [-0.3, -0.25) is 14.9 Å². The predicted molar refractivity (Wildman–Crippen MR) is 85.9 cm³/mol. The zero-order valence-electron chi connectivity index (χ0n) is 13.0. The average molecular weight is 301 g/mol. The van der Waals surface area contributed by atoms with Gasteiger partial charge in [-0.1, -0.05) is 12.1 Å². The lowest BCUT2D eigenvalue weighted by atomic mass is 9.90. The van der Waals surface area contributed by atoms with Crippen LogP contribution in [0.1, 0.15) is 37.2 Å². The minimum Gasteiger partial charge on any atom is -0.371 e. The van der Waals surface area contributed by atoms with Gasteiger partial charge in [0.2, 0.25) is 11.8 Å². The minimum absolute atomic E-state index is 0.162. The number of hydrogen-bond donors (Lipinski definition) is 2. The number of nitrogens with zero attached hydrogens (tertiary/aromatic N) is 1. The summed E-state index contributed by atoms with van der Waals surface area (Å²) in [6.45, 7) is 2.12. The van der Waals surface area contributed by atoms with E-state index in [0.717, 1.165) is 31.5 Å². The number of carbonyl (C=O) groups excluding carboxylic acids is 2. The molecule has 0 bridgehead atoms. The Morgan fingerprint density at radius 2 is 1.77 bits per heavy atom. The topological polar surface area (TPSA) is 61.4 Å². The fourth-order valence-corrected chi connectivity index (χ4v) is 3.36. The van der Waals surface area contributed by atoms with Gasteiger partial charge in [0.1, 0.15) is 0 Å². The summed E-state index contributed by atoms with van der Waals surface area (Å²) in [6.07, 6.45) is 3.35. The molecule has 3 rings (SSSR count). The fourth-order valence-electron chi connectivity index (χ4n) is 3.36. The van der Waals surface area contributed by atoms with Crippen molar-refractivity contribution in [2.45, 2.75) is 37.6 Å². The molecule has 2 aliphatic heterocycles. The lowest BCUT2D eigenvalue weighted by molar-refractivity contribution is -0.134. The van der Waals surface area contributed by atoms with Crippen molar-refractivity contribution in [3.05, 3.63) is 29.8 Å². The molecule has 2 aliphatic rings. The molecule has 2 N–H and O–H groups in total. The molecule has 2 fully saturated rings. The van der Waals surface area contributed by atoms with E-state index >= 15 is 0 Å². The van der Waals surface area contributed by atoms with Crippen LogP contribution in [0.3, 0.4) is 0 Å². The lowest BCUT2D eigenvalue weighted by Gasteiger charge is -2.33. The van der Waals surface area contributed by atoms with Gasteiger partial charge in [0.25, 0.3) is 0 Å². The van der Waals surface area contributed by atoms with Gasteiger partial charge >= 0.3 is 0 Å². The van der Waals surface area contributed by atoms with Crippen LogP contribution in [0.5, 0.6) is 0 Å². The van der Waals surface area contributed by atoms with Gasteiger partial charge in [-0.2, -0.15) is 0 Å². The van der Waals surface area contributed by atoms with Crippen molar-refractivity contribution < 1.29 is 9.59 Å². The molecule has 2 saturated heterocycles. The maximum absolute atomic E-state index is 11.9. The molecule has 2 heterocycles. The number of imide groups is 1. The van der Waals surface area contributed by atoms with Crippen molar-refractivity contribution in [2.24, 2.45) is 0 Å². The molecule has 2 amide bonds. The Morgan fingerprint density at radius 1 is 1.09 bits per heavy atom. The first-order chi connectivity index (χ1) is 10.7. The summed E-state index contributed by atoms with van der Waals surface area (Å²) in [6, 6.07) is 8.87. The maximum atomic E-state index is 11.9. The molecule has 0 radical (unpaired) electrons. The molecule has 5 nitrogen and oxygen atoms in total. The molecule has 5 heteroatoms. The quantitative estimate of drug-likeness (QED) is 0.828. The van der Waals surface area contributed by atoms with Gasteiger partial charge in [0, 0.05) is 31.2 Å². The highest BCUT2D eigenvalue weighted by atomic mass is 16.2. The third kappa shape index (κ3) is 3.14. The molecule has 22 heavy (non-hydrogen) atoms. The zero-order valence-corrected chi connectivity index (χ0v) is 13.0. The van der Waals surface area contributed by atoms with E-state index in [0.29, 0.717) is 18.9 Å². The average Bonchev–Trinajstić information content (AvgIpc) is 2.55. The van der Waals surface area contributed by atoms with Gasteiger partial charge in [-0.05, 0) is 44.0 Å². The molecule has 1 atom stereocenters. The summed E-state index contributed by atoms with van der Waals surface area (Å²) in [4.78, 5) is 25.5. The van der Waals surface area contributed by atoms with E-state index in [1.807, 2.05) is 19.2 Å². The number of nitrogens with one attached hydrogen (secondary N) is 2. The molecule has 0 saturated carbocycles. The van der Waals surface area contributed by atoms with Crippen LogP contribution in [0, 0.1) is 0 Å². The van der Waals surface area contributed by atoms with E-state index in [-0.39, 0.29) is 17.7 Å². The third-order valence-corrected chi connectivity index (χ3v) is 4.80. The number of rotatable bonds is 3. The monoisotopic (exact) mass is 301 g/mol. The molecule has 0 aromatic heterocycles. The molecule has 1 aromatic rings. The molecule has 0 aliphatic carbocycles. The third-order valence-electron chi connectivity index (χ3n) is 4.80. The molecule has 118 valence electrons. The normalized spacial score (nSPS) is 23.5. The summed E-state index contributed by atoms with van der Waals surface area (Å²) < 4.78 is 0. The van der Waals surface area contributed by atoms with Crippen molar-refractivity contribution in [1.29, 1.82) is 0 Å². The second-order valence-electron chi connectivity index (χ2n) is 6.15. The van der Waals surface area contributed by atoms with E-state index in [1.54, 1.807) is 0 Å². The van der Waals surface area contributed by atoms with E-state index in [9.17, 15) is 9.59 Å². The smallest absolute Gasteiger partial charge is 0.234 e. The largest absolute Gasteiger partial charge is 0.371 e. The Hall–Kier alpha value is -1.88. The first-order valence-electron chi connectivity index (χ1n) is 8.03. The molecule has 1 unspecified atom stereocenters. The first kappa shape index (κ1) is 15.0. The van der Waals surface area contributed by atoms with Gasteiger partial charge in [0.15, 0.2) is 0 Å². The van der Waals surface area contributed by atoms with Crippen molar-refractivity contribution in [1.82, 2.24) is 10.6 Å². The van der Waals surface area contributed by atoms with Crippen molar-refractivity contribution in [3.8, 4) is 0 Å². The second kappa shape index (κ2) is 6.48. The predicted octanol–water partition coefficient (Wildman–Crippen LogP) is 1.39. The number of hydrogen-bond acceptors (Lipinski definition) is 4. The Bertz CT molecular complexity index is 548. The van der Waals surface area contributed by atoms with Crippen LogP contribution in [-0.4, -0.2) is 38.0 Å². The van der Waals surface area contributed by atoms with Crippen LogP contribution in [0.2, 0.25) is 0 Å². The number of anilines is 1. The Balaban J connectivity index is 1.65. The number of benzene rings is 1. The molecule has 1 aromatic carbocycles. The molecular weight excluding hydrogens is 278 g/mol. The zero-order chi connectivity index (χ0) is 15.5. The van der Waals surface area contributed by atoms with E-state index < -0.39 is 0 Å². The second-order valence-corrected chi connectivity index (χ2v) is 6.15.